The van der Waals surface area contributed by atoms with E-state index >= 15 is 0 Å². The van der Waals surface area contributed by atoms with Crippen molar-refractivity contribution < 1.29 is 9.18 Å². The van der Waals surface area contributed by atoms with Crippen LogP contribution in [-0.2, 0) is 0 Å². The number of halogens is 1. The lowest BCUT2D eigenvalue weighted by molar-refractivity contribution is 0.0979. The number of carbonyl (C=O) groups is 1. The van der Waals surface area contributed by atoms with Crippen molar-refractivity contribution in [2.45, 2.75) is 26.2 Å². The molecule has 1 aromatic carbocycles. The summed E-state index contributed by atoms with van der Waals surface area (Å²) < 4.78 is 12.8. The Balaban J connectivity index is 2.14. The molecule has 0 fully saturated rings. The molecule has 2 rings (SSSR count). The van der Waals surface area contributed by atoms with Gasteiger partial charge in [-0.25, -0.2) is 4.39 Å². The van der Waals surface area contributed by atoms with Crippen molar-refractivity contribution in [1.82, 2.24) is 4.98 Å². The zero-order chi connectivity index (χ0) is 13.7. The molecular formula is C16H16FNO. The predicted molar refractivity (Wildman–Crippen MR) is 73.5 cm³/mol. The third-order valence-corrected chi connectivity index (χ3v) is 2.98. The van der Waals surface area contributed by atoms with Crippen molar-refractivity contribution in [3.05, 3.63) is 54.0 Å². The maximum atomic E-state index is 12.8. The lowest BCUT2D eigenvalue weighted by Crippen LogP contribution is -1.99. The summed E-state index contributed by atoms with van der Waals surface area (Å²) in [4.78, 5) is 16.1. The summed E-state index contributed by atoms with van der Waals surface area (Å²) in [6, 6.07) is 9.73. The normalized spacial score (nSPS) is 10.4. The molecule has 0 N–H and O–H groups in total. The Bertz CT molecular complexity index is 546. The van der Waals surface area contributed by atoms with E-state index in [0.29, 0.717) is 12.0 Å². The van der Waals surface area contributed by atoms with Crippen LogP contribution in [0, 0.1) is 5.82 Å². The number of benzene rings is 1. The van der Waals surface area contributed by atoms with Gasteiger partial charge in [0, 0.05) is 23.7 Å². The second-order valence-corrected chi connectivity index (χ2v) is 4.47. The minimum absolute atomic E-state index is 0.125. The molecule has 3 heteroatoms. The largest absolute Gasteiger partial charge is 0.294 e. The lowest BCUT2D eigenvalue weighted by atomic mass is 10.1. The monoisotopic (exact) mass is 257 g/mol. The molecule has 1 heterocycles. The third-order valence-electron chi connectivity index (χ3n) is 2.98. The molecule has 0 spiro atoms. The number of hydrogen-bond acceptors (Lipinski definition) is 2. The fraction of sp³-hybridized carbons (Fsp3) is 0.250. The van der Waals surface area contributed by atoms with Crippen LogP contribution >= 0.6 is 0 Å². The van der Waals surface area contributed by atoms with E-state index < -0.39 is 0 Å². The number of aromatic nitrogens is 1. The van der Waals surface area contributed by atoms with Gasteiger partial charge in [0.2, 0.25) is 0 Å². The highest BCUT2D eigenvalue weighted by Gasteiger charge is 2.06. The Labute approximate surface area is 112 Å². The van der Waals surface area contributed by atoms with Crippen molar-refractivity contribution in [2.75, 3.05) is 0 Å². The Morgan fingerprint density at radius 1 is 1.16 bits per heavy atom. The van der Waals surface area contributed by atoms with Crippen molar-refractivity contribution in [3.8, 4) is 11.3 Å². The second-order valence-electron chi connectivity index (χ2n) is 4.47. The number of nitrogens with zero attached hydrogens (tertiary/aromatic N) is 1. The van der Waals surface area contributed by atoms with E-state index in [2.05, 4.69) is 11.9 Å². The zero-order valence-electron chi connectivity index (χ0n) is 10.9. The lowest BCUT2D eigenvalue weighted by Gasteiger charge is -2.03. The number of Topliss-reactive ketones (excluding diaryl/α,β-unsaturated/α-hetero) is 1. The quantitative estimate of drug-likeness (QED) is 0.749. The summed E-state index contributed by atoms with van der Waals surface area (Å²) in [5, 5.41) is 0. The standard InChI is InChI=1S/C16H16FNO/c1-2-3-4-16(19)13-7-10-15(18-11-13)12-5-8-14(17)9-6-12/h5-11H,2-4H2,1H3. The number of rotatable bonds is 5. The Kier molecular flexibility index (Phi) is 4.39. The van der Waals surface area contributed by atoms with Crippen LogP contribution in [0.1, 0.15) is 36.5 Å². The van der Waals surface area contributed by atoms with Gasteiger partial charge in [-0.1, -0.05) is 13.3 Å². The Hall–Kier alpha value is -2.03. The van der Waals surface area contributed by atoms with Gasteiger partial charge in [-0.15, -0.1) is 0 Å². The maximum Gasteiger partial charge on any atom is 0.164 e. The summed E-state index contributed by atoms with van der Waals surface area (Å²) in [7, 11) is 0. The Morgan fingerprint density at radius 3 is 2.47 bits per heavy atom. The summed E-state index contributed by atoms with van der Waals surface area (Å²) in [5.74, 6) is -0.143. The van der Waals surface area contributed by atoms with Crippen molar-refractivity contribution >= 4 is 5.78 Å². The average Bonchev–Trinajstić information content (AvgIpc) is 2.46. The van der Waals surface area contributed by atoms with Gasteiger partial charge < -0.3 is 0 Å². The molecule has 0 atom stereocenters. The summed E-state index contributed by atoms with van der Waals surface area (Å²) in [5.41, 5.74) is 2.22. The molecule has 0 saturated carbocycles. The molecule has 0 bridgehead atoms. The van der Waals surface area contributed by atoms with Crippen molar-refractivity contribution in [1.29, 1.82) is 0 Å². The van der Waals surface area contributed by atoms with Gasteiger partial charge in [-0.3, -0.25) is 9.78 Å². The van der Waals surface area contributed by atoms with Gasteiger partial charge in [-0.2, -0.15) is 0 Å². The van der Waals surface area contributed by atoms with Gasteiger partial charge in [-0.05, 0) is 42.8 Å². The topological polar surface area (TPSA) is 30.0 Å². The van der Waals surface area contributed by atoms with Crippen LogP contribution in [0.25, 0.3) is 11.3 Å². The highest BCUT2D eigenvalue weighted by molar-refractivity contribution is 5.95. The van der Waals surface area contributed by atoms with Crippen LogP contribution in [0.15, 0.2) is 42.6 Å². The number of ketones is 1. The number of carbonyl (C=O) groups excluding carboxylic acids is 1. The molecule has 1 aromatic heterocycles. The van der Waals surface area contributed by atoms with E-state index in [-0.39, 0.29) is 11.6 Å². The summed E-state index contributed by atoms with van der Waals surface area (Å²) in [6.45, 7) is 2.06. The third kappa shape index (κ3) is 3.47. The van der Waals surface area contributed by atoms with Gasteiger partial charge in [0.05, 0.1) is 5.69 Å². The van der Waals surface area contributed by atoms with E-state index in [1.807, 2.05) is 0 Å². The van der Waals surface area contributed by atoms with E-state index in [1.165, 1.54) is 12.1 Å². The summed E-state index contributed by atoms with van der Waals surface area (Å²) >= 11 is 0. The fourth-order valence-corrected chi connectivity index (χ4v) is 1.83. The summed E-state index contributed by atoms with van der Waals surface area (Å²) in [6.07, 6.45) is 4.07. The first-order valence-electron chi connectivity index (χ1n) is 6.46. The highest BCUT2D eigenvalue weighted by atomic mass is 19.1. The SMILES string of the molecule is CCCCC(=O)c1ccc(-c2ccc(F)cc2)nc1. The molecule has 0 aliphatic rings. The molecule has 0 amide bonds. The minimum atomic E-state index is -0.268. The molecule has 0 saturated heterocycles. The Morgan fingerprint density at radius 2 is 1.89 bits per heavy atom. The van der Waals surface area contributed by atoms with Gasteiger partial charge in [0.1, 0.15) is 5.82 Å². The first kappa shape index (κ1) is 13.4. The molecule has 0 unspecified atom stereocenters. The maximum absolute atomic E-state index is 12.8. The van der Waals surface area contributed by atoms with Crippen LogP contribution in [0.4, 0.5) is 4.39 Å². The highest BCUT2D eigenvalue weighted by Crippen LogP contribution is 2.18. The molecule has 2 aromatic rings. The first-order chi connectivity index (χ1) is 9.20. The molecule has 98 valence electrons. The van der Waals surface area contributed by atoms with Crippen LogP contribution < -0.4 is 0 Å². The van der Waals surface area contributed by atoms with E-state index in [4.69, 9.17) is 0 Å². The minimum Gasteiger partial charge on any atom is -0.294 e. The van der Waals surface area contributed by atoms with Gasteiger partial charge in [0.25, 0.3) is 0 Å². The number of unbranched alkanes of at least 4 members (excludes halogenated alkanes) is 1. The second kappa shape index (κ2) is 6.23. The van der Waals surface area contributed by atoms with Gasteiger partial charge >= 0.3 is 0 Å². The predicted octanol–water partition coefficient (Wildman–Crippen LogP) is 4.26. The molecule has 0 radical (unpaired) electrons. The fourth-order valence-electron chi connectivity index (χ4n) is 1.83. The number of hydrogen-bond donors (Lipinski definition) is 0. The van der Waals surface area contributed by atoms with Crippen LogP contribution in [0.5, 0.6) is 0 Å². The van der Waals surface area contributed by atoms with Crippen LogP contribution in [0.2, 0.25) is 0 Å². The van der Waals surface area contributed by atoms with Crippen molar-refractivity contribution in [3.63, 3.8) is 0 Å². The smallest absolute Gasteiger partial charge is 0.164 e. The average molecular weight is 257 g/mol. The van der Waals surface area contributed by atoms with E-state index in [1.54, 1.807) is 30.5 Å². The van der Waals surface area contributed by atoms with E-state index in [0.717, 1.165) is 24.1 Å². The van der Waals surface area contributed by atoms with Crippen LogP contribution in [0.3, 0.4) is 0 Å². The van der Waals surface area contributed by atoms with Crippen molar-refractivity contribution in [2.24, 2.45) is 0 Å². The van der Waals surface area contributed by atoms with E-state index in [9.17, 15) is 9.18 Å². The zero-order valence-corrected chi connectivity index (χ0v) is 10.9. The van der Waals surface area contributed by atoms with Gasteiger partial charge in [0.15, 0.2) is 5.78 Å². The molecule has 0 aliphatic carbocycles. The molecule has 2 nitrogen and oxygen atoms in total. The molecule has 19 heavy (non-hydrogen) atoms. The van der Waals surface area contributed by atoms with Crippen LogP contribution in [-0.4, -0.2) is 10.8 Å². The molecule has 0 aliphatic heterocycles. The first-order valence-corrected chi connectivity index (χ1v) is 6.46. The number of pyridine rings is 1. The molecular weight excluding hydrogens is 241 g/mol.